The molecule has 0 rings (SSSR count). The van der Waals surface area contributed by atoms with Crippen molar-refractivity contribution < 1.29 is 32.9 Å². The SMILES string of the molecule is CC/C=C\C/C=C\C/C=C\C/C=C\C/C=C\C/C=C\C/C=C\CCCCCCCCCCCCCC(=O)NC(COP(=O)(O)OCC[N+](C)(C)C)C(O)/C=C/CCCCCCCCCC. The normalized spacial score (nSPS) is 14.9. The van der Waals surface area contributed by atoms with E-state index in [0.29, 0.717) is 17.4 Å². The fourth-order valence-corrected chi connectivity index (χ4v) is 7.70. The van der Waals surface area contributed by atoms with Gasteiger partial charge in [-0.3, -0.25) is 13.8 Å². The van der Waals surface area contributed by atoms with Gasteiger partial charge in [0.15, 0.2) is 0 Å². The molecule has 3 N–H and O–H groups in total. The smallest absolute Gasteiger partial charge is 0.387 e. The van der Waals surface area contributed by atoms with E-state index >= 15 is 0 Å². The Hall–Kier alpha value is -2.58. The maximum absolute atomic E-state index is 12.9. The number of carbonyl (C=O) groups is 1. The highest BCUT2D eigenvalue weighted by Crippen LogP contribution is 2.43. The molecule has 0 spiro atoms. The Morgan fingerprint density at radius 2 is 0.923 bits per heavy atom. The Bertz CT molecular complexity index is 1370. The first-order chi connectivity index (χ1) is 31.5. The second kappa shape index (κ2) is 46.5. The van der Waals surface area contributed by atoms with E-state index in [9.17, 15) is 19.4 Å². The zero-order chi connectivity index (χ0) is 47.8. The van der Waals surface area contributed by atoms with E-state index in [0.717, 1.165) is 83.5 Å². The number of nitrogens with zero attached hydrogens (tertiary/aromatic N) is 1. The van der Waals surface area contributed by atoms with E-state index in [1.54, 1.807) is 6.08 Å². The average Bonchev–Trinajstić information content (AvgIpc) is 3.26. The second-order valence-electron chi connectivity index (χ2n) is 18.5. The maximum Gasteiger partial charge on any atom is 0.472 e. The van der Waals surface area contributed by atoms with E-state index < -0.39 is 20.0 Å². The molecule has 9 heteroatoms. The van der Waals surface area contributed by atoms with Crippen LogP contribution in [0.1, 0.15) is 200 Å². The predicted octanol–water partition coefficient (Wildman–Crippen LogP) is 15.5. The van der Waals surface area contributed by atoms with Crippen molar-refractivity contribution in [3.05, 3.63) is 97.2 Å². The molecule has 0 aliphatic heterocycles. The van der Waals surface area contributed by atoms with Gasteiger partial charge < -0.3 is 19.8 Å². The summed E-state index contributed by atoms with van der Waals surface area (Å²) in [4.78, 5) is 23.2. The van der Waals surface area contributed by atoms with Crippen LogP contribution in [0.3, 0.4) is 0 Å². The molecule has 0 fully saturated rings. The first-order valence-electron chi connectivity index (χ1n) is 26.1. The molecule has 1 amide bonds. The third kappa shape index (κ3) is 49.2. The largest absolute Gasteiger partial charge is 0.472 e. The number of hydrogen-bond donors (Lipinski definition) is 3. The van der Waals surface area contributed by atoms with Crippen LogP contribution in [0, 0.1) is 0 Å². The standard InChI is InChI=1S/C56H99N2O6P/c1-6-8-10-12-14-16-18-19-20-21-22-23-24-25-26-27-28-29-30-31-32-33-34-35-36-37-38-39-40-42-44-46-48-50-56(60)57-54(53-64-65(61,62)63-52-51-58(3,4)5)55(59)49-47-45-43-41-17-15-13-11-9-7-2/h8,10,14,16,19-20,22-23,25-26,28-29,31-32,47,49,54-55,59H,6-7,9,11-13,15,17-18,21,24,27,30,33-46,48,50-53H2,1-5H3,(H-,57,60,61,62)/p+1/b10-8-,16-14-,20-19-,23-22-,26-25-,29-28-,32-31-,49-47+. The Balaban J connectivity index is 4.10. The lowest BCUT2D eigenvalue weighted by atomic mass is 10.0. The molecule has 0 radical (unpaired) electrons. The third-order valence-electron chi connectivity index (χ3n) is 11.1. The van der Waals surface area contributed by atoms with E-state index in [1.165, 1.54) is 96.3 Å². The summed E-state index contributed by atoms with van der Waals surface area (Å²) < 4.78 is 23.6. The van der Waals surface area contributed by atoms with Gasteiger partial charge in [0.25, 0.3) is 0 Å². The lowest BCUT2D eigenvalue weighted by Crippen LogP contribution is -2.45. The fourth-order valence-electron chi connectivity index (χ4n) is 6.96. The number of allylic oxidation sites excluding steroid dienone is 15. The summed E-state index contributed by atoms with van der Waals surface area (Å²) in [6.07, 6.45) is 66.4. The zero-order valence-corrected chi connectivity index (χ0v) is 43.3. The Morgan fingerprint density at radius 1 is 0.538 bits per heavy atom. The first kappa shape index (κ1) is 62.4. The molecule has 0 aliphatic rings. The number of rotatable bonds is 46. The number of phosphoric ester groups is 1. The summed E-state index contributed by atoms with van der Waals surface area (Å²) in [5, 5.41) is 13.8. The highest BCUT2D eigenvalue weighted by Gasteiger charge is 2.27. The minimum Gasteiger partial charge on any atom is -0.387 e. The van der Waals surface area contributed by atoms with Crippen LogP contribution in [0.4, 0.5) is 0 Å². The van der Waals surface area contributed by atoms with Crippen LogP contribution in [-0.4, -0.2) is 73.4 Å². The van der Waals surface area contributed by atoms with Gasteiger partial charge >= 0.3 is 7.82 Å². The van der Waals surface area contributed by atoms with Gasteiger partial charge in [-0.05, 0) is 77.0 Å². The van der Waals surface area contributed by atoms with Crippen LogP contribution in [0.25, 0.3) is 0 Å². The molecule has 0 heterocycles. The summed E-state index contributed by atoms with van der Waals surface area (Å²) in [5.74, 6) is -0.187. The molecule has 8 nitrogen and oxygen atoms in total. The number of aliphatic hydroxyl groups excluding tert-OH is 1. The van der Waals surface area contributed by atoms with E-state index in [2.05, 4.69) is 104 Å². The van der Waals surface area contributed by atoms with Crippen molar-refractivity contribution in [2.75, 3.05) is 40.9 Å². The molecule has 65 heavy (non-hydrogen) atoms. The van der Waals surface area contributed by atoms with Crippen molar-refractivity contribution in [3.63, 3.8) is 0 Å². The minimum absolute atomic E-state index is 0.0567. The lowest BCUT2D eigenvalue weighted by molar-refractivity contribution is -0.870. The fraction of sp³-hybridized carbons (Fsp3) is 0.696. The van der Waals surface area contributed by atoms with Crippen molar-refractivity contribution >= 4 is 13.7 Å². The molecule has 0 saturated carbocycles. The predicted molar refractivity (Wildman–Crippen MR) is 281 cm³/mol. The van der Waals surface area contributed by atoms with Crippen LogP contribution in [0.5, 0.6) is 0 Å². The van der Waals surface area contributed by atoms with E-state index in [1.807, 2.05) is 27.2 Å². The molecule has 374 valence electrons. The number of carbonyl (C=O) groups excluding carboxylic acids is 1. The summed E-state index contributed by atoms with van der Waals surface area (Å²) in [6, 6.07) is -0.852. The Labute approximate surface area is 400 Å². The molecule has 0 aliphatic carbocycles. The summed E-state index contributed by atoms with van der Waals surface area (Å²) in [7, 11) is 1.56. The maximum atomic E-state index is 12.9. The van der Waals surface area contributed by atoms with Crippen molar-refractivity contribution in [1.29, 1.82) is 0 Å². The summed E-state index contributed by atoms with van der Waals surface area (Å²) in [6.45, 7) is 4.66. The zero-order valence-electron chi connectivity index (χ0n) is 42.4. The number of nitrogens with one attached hydrogen (secondary N) is 1. The van der Waals surface area contributed by atoms with E-state index in [4.69, 9.17) is 9.05 Å². The average molecular weight is 928 g/mol. The lowest BCUT2D eigenvalue weighted by Gasteiger charge is -2.25. The van der Waals surface area contributed by atoms with Gasteiger partial charge in [0.2, 0.25) is 5.91 Å². The molecule has 0 aromatic rings. The number of unbranched alkanes of at least 4 members (excludes halogenated alkanes) is 19. The number of amides is 1. The summed E-state index contributed by atoms with van der Waals surface area (Å²) in [5.41, 5.74) is 0. The number of hydrogen-bond acceptors (Lipinski definition) is 5. The number of phosphoric acid groups is 1. The van der Waals surface area contributed by atoms with Crippen molar-refractivity contribution in [1.82, 2.24) is 5.32 Å². The highest BCUT2D eigenvalue weighted by molar-refractivity contribution is 7.47. The van der Waals surface area contributed by atoms with Gasteiger partial charge in [0, 0.05) is 6.42 Å². The van der Waals surface area contributed by atoms with Gasteiger partial charge in [-0.1, -0.05) is 214 Å². The molecule has 3 unspecified atom stereocenters. The van der Waals surface area contributed by atoms with Gasteiger partial charge in [0.1, 0.15) is 13.2 Å². The van der Waals surface area contributed by atoms with E-state index in [-0.39, 0.29) is 19.1 Å². The van der Waals surface area contributed by atoms with Gasteiger partial charge in [-0.15, -0.1) is 0 Å². The molecule has 0 saturated heterocycles. The van der Waals surface area contributed by atoms with Gasteiger partial charge in [-0.25, -0.2) is 4.57 Å². The van der Waals surface area contributed by atoms with Gasteiger partial charge in [-0.2, -0.15) is 0 Å². The van der Waals surface area contributed by atoms with Crippen LogP contribution >= 0.6 is 7.82 Å². The molecule has 0 aromatic carbocycles. The van der Waals surface area contributed by atoms with Gasteiger partial charge in [0.05, 0.1) is 39.9 Å². The van der Waals surface area contributed by atoms with Crippen molar-refractivity contribution in [3.8, 4) is 0 Å². The Morgan fingerprint density at radius 3 is 1.35 bits per heavy atom. The van der Waals surface area contributed by atoms with Crippen LogP contribution in [-0.2, 0) is 18.4 Å². The third-order valence-corrected chi connectivity index (χ3v) is 12.0. The monoisotopic (exact) mass is 928 g/mol. The highest BCUT2D eigenvalue weighted by atomic mass is 31.2. The van der Waals surface area contributed by atoms with Crippen molar-refractivity contribution in [2.24, 2.45) is 0 Å². The molecular formula is C56H100N2O6P+. The van der Waals surface area contributed by atoms with Crippen LogP contribution in [0.15, 0.2) is 97.2 Å². The first-order valence-corrected chi connectivity index (χ1v) is 27.6. The number of likely N-dealkylation sites (N-methyl/N-ethyl adjacent to an activating group) is 1. The van der Waals surface area contributed by atoms with Crippen molar-refractivity contribution in [2.45, 2.75) is 212 Å². The molecule has 3 atom stereocenters. The summed E-state index contributed by atoms with van der Waals surface area (Å²) >= 11 is 0. The number of aliphatic hydroxyl groups is 1. The quantitative estimate of drug-likeness (QED) is 0.0243. The van der Waals surface area contributed by atoms with Crippen LogP contribution < -0.4 is 5.32 Å². The second-order valence-corrected chi connectivity index (χ2v) is 20.0. The molecule has 0 bridgehead atoms. The minimum atomic E-state index is -4.34. The Kier molecular flexibility index (Phi) is 44.7. The number of quaternary nitrogens is 1. The topological polar surface area (TPSA) is 105 Å². The molecular weight excluding hydrogens is 828 g/mol. The molecule has 0 aromatic heterocycles. The van der Waals surface area contributed by atoms with Crippen LogP contribution in [0.2, 0.25) is 0 Å².